The number of hydrazone groups is 1. The van der Waals surface area contributed by atoms with Gasteiger partial charge in [0, 0.05) is 17.7 Å². The van der Waals surface area contributed by atoms with Gasteiger partial charge in [-0.15, -0.1) is 0 Å². The maximum Gasteiger partial charge on any atom is 0.240 e. The fourth-order valence-corrected chi connectivity index (χ4v) is 3.75. The molecule has 2 aromatic carbocycles. The van der Waals surface area contributed by atoms with E-state index in [9.17, 15) is 4.79 Å². The average Bonchev–Trinajstić information content (AvgIpc) is 3.04. The summed E-state index contributed by atoms with van der Waals surface area (Å²) in [6.07, 6.45) is 0. The molecule has 0 saturated carbocycles. The molecule has 0 spiro atoms. The summed E-state index contributed by atoms with van der Waals surface area (Å²) in [6, 6.07) is 11.0. The fraction of sp³-hybridized carbons (Fsp3) is 0.333. The minimum Gasteiger partial charge on any atom is -0.493 e. The van der Waals surface area contributed by atoms with Crippen molar-refractivity contribution in [1.82, 2.24) is 5.01 Å². The summed E-state index contributed by atoms with van der Waals surface area (Å²) in [5.41, 5.74) is 2.68. The number of ether oxygens (including phenoxy) is 3. The quantitative estimate of drug-likeness (QED) is 0.742. The van der Waals surface area contributed by atoms with Crippen molar-refractivity contribution in [2.75, 3.05) is 21.3 Å². The zero-order valence-corrected chi connectivity index (χ0v) is 17.3. The number of nitrogens with zero attached hydrogens (tertiary/aromatic N) is 2. The zero-order chi connectivity index (χ0) is 20.4. The first kappa shape index (κ1) is 20.0. The first-order valence-electron chi connectivity index (χ1n) is 8.81. The van der Waals surface area contributed by atoms with E-state index in [2.05, 4.69) is 5.10 Å². The molecule has 1 aliphatic rings. The van der Waals surface area contributed by atoms with Crippen LogP contribution < -0.4 is 14.2 Å². The van der Waals surface area contributed by atoms with Crippen molar-refractivity contribution in [3.8, 4) is 17.2 Å². The average molecular weight is 403 g/mol. The van der Waals surface area contributed by atoms with Crippen molar-refractivity contribution < 1.29 is 19.0 Å². The van der Waals surface area contributed by atoms with Crippen LogP contribution in [-0.2, 0) is 4.79 Å². The molecule has 0 radical (unpaired) electrons. The Bertz CT molecular complexity index is 886. The van der Waals surface area contributed by atoms with Gasteiger partial charge in [-0.3, -0.25) is 4.79 Å². The molecule has 7 heteroatoms. The normalized spacial score (nSPS) is 18.6. The second-order valence-corrected chi connectivity index (χ2v) is 6.97. The molecule has 0 N–H and O–H groups in total. The molecule has 3 rings (SSSR count). The van der Waals surface area contributed by atoms with Gasteiger partial charge in [-0.25, -0.2) is 5.01 Å². The van der Waals surface area contributed by atoms with E-state index < -0.39 is 0 Å². The molecule has 28 heavy (non-hydrogen) atoms. The van der Waals surface area contributed by atoms with Gasteiger partial charge < -0.3 is 14.2 Å². The third-order valence-electron chi connectivity index (χ3n) is 4.88. The number of hydrogen-bond donors (Lipinski definition) is 0. The molecule has 0 saturated heterocycles. The molecule has 2 atom stereocenters. The van der Waals surface area contributed by atoms with E-state index in [1.54, 1.807) is 21.3 Å². The number of methoxy groups -OCH3 is 3. The maximum absolute atomic E-state index is 12.3. The SMILES string of the molecule is COc1cc([C@@H]2C(C)=NN(C(C)=O)[C@H]2c2ccc(Cl)cc2)cc(OC)c1OC. The van der Waals surface area contributed by atoms with Crippen molar-refractivity contribution in [3.63, 3.8) is 0 Å². The fourth-order valence-electron chi connectivity index (χ4n) is 3.63. The van der Waals surface area contributed by atoms with Crippen molar-refractivity contribution in [2.24, 2.45) is 5.10 Å². The maximum atomic E-state index is 12.3. The first-order valence-corrected chi connectivity index (χ1v) is 9.19. The molecule has 0 aromatic heterocycles. The monoisotopic (exact) mass is 402 g/mol. The summed E-state index contributed by atoms with van der Waals surface area (Å²) in [5.74, 6) is 1.34. The summed E-state index contributed by atoms with van der Waals surface area (Å²) in [4.78, 5) is 12.3. The van der Waals surface area contributed by atoms with Gasteiger partial charge in [0.15, 0.2) is 11.5 Å². The molecule has 1 aliphatic heterocycles. The third-order valence-corrected chi connectivity index (χ3v) is 5.13. The molecule has 1 amide bonds. The second-order valence-electron chi connectivity index (χ2n) is 6.54. The highest BCUT2D eigenvalue weighted by Gasteiger charge is 2.40. The van der Waals surface area contributed by atoms with Gasteiger partial charge >= 0.3 is 0 Å². The van der Waals surface area contributed by atoms with E-state index in [4.69, 9.17) is 25.8 Å². The summed E-state index contributed by atoms with van der Waals surface area (Å²) in [6.45, 7) is 3.43. The van der Waals surface area contributed by atoms with Gasteiger partial charge in [0.2, 0.25) is 11.7 Å². The number of rotatable bonds is 5. The summed E-state index contributed by atoms with van der Waals surface area (Å²) < 4.78 is 16.4. The number of halogens is 1. The molecule has 1 heterocycles. The van der Waals surface area contributed by atoms with Gasteiger partial charge in [-0.05, 0) is 42.3 Å². The van der Waals surface area contributed by atoms with Crippen molar-refractivity contribution >= 4 is 23.2 Å². The Hall–Kier alpha value is -2.73. The first-order chi connectivity index (χ1) is 13.4. The standard InChI is InChI=1S/C21H23ClN2O4/c1-12-19(15-10-17(26-3)21(28-5)18(11-15)27-4)20(24(23-12)13(2)25)14-6-8-16(22)9-7-14/h6-11,19-20H,1-5H3/t19-,20-/m0/s1. The summed E-state index contributed by atoms with van der Waals surface area (Å²) in [5, 5.41) is 6.69. The molecule has 0 aliphatic carbocycles. The largest absolute Gasteiger partial charge is 0.493 e. The van der Waals surface area contributed by atoms with Crippen LogP contribution in [0.5, 0.6) is 17.2 Å². The zero-order valence-electron chi connectivity index (χ0n) is 16.5. The predicted molar refractivity (Wildman–Crippen MR) is 109 cm³/mol. The van der Waals surface area contributed by atoms with Crippen LogP contribution in [-0.4, -0.2) is 38.0 Å². The third kappa shape index (κ3) is 3.52. The lowest BCUT2D eigenvalue weighted by atomic mass is 9.84. The molecule has 148 valence electrons. The van der Waals surface area contributed by atoms with Crippen LogP contribution in [0, 0.1) is 0 Å². The number of carbonyl (C=O) groups is 1. The van der Waals surface area contributed by atoms with E-state index in [0.29, 0.717) is 22.3 Å². The van der Waals surface area contributed by atoms with Crippen LogP contribution in [0.15, 0.2) is 41.5 Å². The van der Waals surface area contributed by atoms with Crippen LogP contribution >= 0.6 is 11.6 Å². The Morgan fingerprint density at radius 1 is 1.00 bits per heavy atom. The van der Waals surface area contributed by atoms with Crippen LogP contribution in [0.1, 0.15) is 36.9 Å². The van der Waals surface area contributed by atoms with E-state index in [1.165, 1.54) is 11.9 Å². The Labute approximate surface area is 169 Å². The van der Waals surface area contributed by atoms with Gasteiger partial charge in [-0.2, -0.15) is 5.10 Å². The van der Waals surface area contributed by atoms with Crippen LogP contribution in [0.25, 0.3) is 0 Å². The highest BCUT2D eigenvalue weighted by molar-refractivity contribution is 6.30. The highest BCUT2D eigenvalue weighted by Crippen LogP contribution is 2.47. The van der Waals surface area contributed by atoms with Crippen molar-refractivity contribution in [2.45, 2.75) is 25.8 Å². The Kier molecular flexibility index (Phi) is 5.79. The summed E-state index contributed by atoms with van der Waals surface area (Å²) in [7, 11) is 4.72. The van der Waals surface area contributed by atoms with E-state index in [1.807, 2.05) is 43.3 Å². The van der Waals surface area contributed by atoms with Gasteiger partial charge in [0.25, 0.3) is 0 Å². The number of amides is 1. The molecular weight excluding hydrogens is 380 g/mol. The van der Waals surface area contributed by atoms with Crippen LogP contribution in [0.2, 0.25) is 5.02 Å². The molecule has 0 fully saturated rings. The molecular formula is C21H23ClN2O4. The Morgan fingerprint density at radius 3 is 2.04 bits per heavy atom. The second kappa shape index (κ2) is 8.10. The predicted octanol–water partition coefficient (Wildman–Crippen LogP) is 4.43. The smallest absolute Gasteiger partial charge is 0.240 e. The molecule has 0 bridgehead atoms. The van der Waals surface area contributed by atoms with Gasteiger partial charge in [0.05, 0.1) is 33.3 Å². The minimum atomic E-state index is -0.294. The van der Waals surface area contributed by atoms with E-state index in [0.717, 1.165) is 16.8 Å². The summed E-state index contributed by atoms with van der Waals surface area (Å²) >= 11 is 6.06. The van der Waals surface area contributed by atoms with Crippen LogP contribution in [0.4, 0.5) is 0 Å². The topological polar surface area (TPSA) is 60.4 Å². The lowest BCUT2D eigenvalue weighted by molar-refractivity contribution is -0.130. The number of carbonyl (C=O) groups excluding carboxylic acids is 1. The van der Waals surface area contributed by atoms with E-state index >= 15 is 0 Å². The molecule has 0 unspecified atom stereocenters. The van der Waals surface area contributed by atoms with Crippen LogP contribution in [0.3, 0.4) is 0 Å². The Balaban J connectivity index is 2.16. The molecule has 6 nitrogen and oxygen atoms in total. The van der Waals surface area contributed by atoms with Gasteiger partial charge in [0.1, 0.15) is 0 Å². The van der Waals surface area contributed by atoms with Gasteiger partial charge in [-0.1, -0.05) is 23.7 Å². The lowest BCUT2D eigenvalue weighted by Crippen LogP contribution is -2.28. The lowest BCUT2D eigenvalue weighted by Gasteiger charge is -2.27. The molecule has 2 aromatic rings. The number of hydrogen-bond acceptors (Lipinski definition) is 5. The highest BCUT2D eigenvalue weighted by atomic mass is 35.5. The number of benzene rings is 2. The minimum absolute atomic E-state index is 0.130. The Morgan fingerprint density at radius 2 is 1.57 bits per heavy atom. The van der Waals surface area contributed by atoms with Crippen molar-refractivity contribution in [1.29, 1.82) is 0 Å². The van der Waals surface area contributed by atoms with Crippen molar-refractivity contribution in [3.05, 3.63) is 52.5 Å². The van der Waals surface area contributed by atoms with E-state index in [-0.39, 0.29) is 17.9 Å².